The highest BCUT2D eigenvalue weighted by molar-refractivity contribution is 6.31. The highest BCUT2D eigenvalue weighted by atomic mass is 35.5. The van der Waals surface area contributed by atoms with Gasteiger partial charge in [0.2, 0.25) is 5.91 Å². The molecular formula is C25H23ClN4O2. The average Bonchev–Trinajstić information content (AvgIpc) is 3.38. The number of nitrogens with one attached hydrogen (secondary N) is 1. The number of aromatic amines is 1. The van der Waals surface area contributed by atoms with Crippen LogP contribution >= 0.6 is 11.6 Å². The number of rotatable bonds is 3. The lowest BCUT2D eigenvalue weighted by Gasteiger charge is -2.21. The van der Waals surface area contributed by atoms with Crippen molar-refractivity contribution in [2.45, 2.75) is 32.7 Å². The number of pyridine rings is 1. The summed E-state index contributed by atoms with van der Waals surface area (Å²) < 4.78 is 2.06. The van der Waals surface area contributed by atoms with Crippen LogP contribution in [0.2, 0.25) is 5.02 Å². The van der Waals surface area contributed by atoms with Crippen LogP contribution in [0.25, 0.3) is 21.8 Å². The average molecular weight is 447 g/mol. The van der Waals surface area contributed by atoms with Gasteiger partial charge in [-0.2, -0.15) is 5.10 Å². The van der Waals surface area contributed by atoms with E-state index in [4.69, 9.17) is 11.6 Å². The van der Waals surface area contributed by atoms with E-state index >= 15 is 0 Å². The molecule has 2 aromatic heterocycles. The van der Waals surface area contributed by atoms with Crippen LogP contribution in [0.1, 0.15) is 42.5 Å². The second-order valence-corrected chi connectivity index (χ2v) is 8.68. The summed E-state index contributed by atoms with van der Waals surface area (Å²) in [6.07, 6.45) is 2.82. The molecule has 1 amide bonds. The lowest BCUT2D eigenvalue weighted by atomic mass is 9.95. The van der Waals surface area contributed by atoms with Crippen LogP contribution in [0.3, 0.4) is 0 Å². The molecular weight excluding hydrogens is 424 g/mol. The van der Waals surface area contributed by atoms with E-state index in [0.29, 0.717) is 29.1 Å². The number of benzene rings is 2. The molecule has 3 heterocycles. The zero-order chi connectivity index (χ0) is 22.6. The number of carbonyl (C=O) groups is 1. The minimum atomic E-state index is -0.259. The van der Waals surface area contributed by atoms with Crippen molar-refractivity contribution in [1.29, 1.82) is 0 Å². The van der Waals surface area contributed by atoms with Crippen LogP contribution in [0.5, 0.6) is 0 Å². The van der Waals surface area contributed by atoms with E-state index in [1.807, 2.05) is 39.2 Å². The van der Waals surface area contributed by atoms with Crippen molar-refractivity contribution >= 4 is 45.0 Å². The summed E-state index contributed by atoms with van der Waals surface area (Å²) >= 11 is 6.20. The number of hydrazone groups is 1. The molecule has 1 unspecified atom stereocenters. The first-order chi connectivity index (χ1) is 15.4. The van der Waals surface area contributed by atoms with E-state index in [0.717, 1.165) is 32.9 Å². The molecule has 0 spiro atoms. The number of hydrogen-bond donors (Lipinski definition) is 1. The first kappa shape index (κ1) is 20.5. The van der Waals surface area contributed by atoms with Gasteiger partial charge in [0.05, 0.1) is 17.3 Å². The Morgan fingerprint density at radius 3 is 2.81 bits per heavy atom. The molecule has 1 aliphatic rings. The number of carbonyl (C=O) groups excluding carboxylic acids is 1. The first-order valence-electron chi connectivity index (χ1n) is 10.6. The van der Waals surface area contributed by atoms with Gasteiger partial charge in [0.1, 0.15) is 0 Å². The van der Waals surface area contributed by atoms with E-state index in [-0.39, 0.29) is 17.5 Å². The monoisotopic (exact) mass is 446 g/mol. The minimum absolute atomic E-state index is 0.0742. The van der Waals surface area contributed by atoms with E-state index in [2.05, 4.69) is 32.9 Å². The Morgan fingerprint density at radius 2 is 2.03 bits per heavy atom. The molecule has 32 heavy (non-hydrogen) atoms. The summed E-state index contributed by atoms with van der Waals surface area (Å²) in [6, 6.07) is 13.4. The SMILES string of the molecule is CCC(=O)N1N=C(c2c(C)c3cc(Cl)ccc3[nH]c2=O)CC1c1ccc2ccn(C)c2c1. The summed E-state index contributed by atoms with van der Waals surface area (Å²) in [7, 11) is 2.00. The van der Waals surface area contributed by atoms with Crippen LogP contribution in [0.4, 0.5) is 0 Å². The van der Waals surface area contributed by atoms with Gasteiger partial charge >= 0.3 is 0 Å². The van der Waals surface area contributed by atoms with Crippen LogP contribution in [0.15, 0.2) is 58.6 Å². The molecule has 0 saturated carbocycles. The van der Waals surface area contributed by atoms with Crippen molar-refractivity contribution in [3.05, 3.63) is 80.7 Å². The van der Waals surface area contributed by atoms with Crippen molar-refractivity contribution in [2.75, 3.05) is 0 Å². The predicted molar refractivity (Wildman–Crippen MR) is 128 cm³/mol. The Morgan fingerprint density at radius 1 is 1.22 bits per heavy atom. The third kappa shape index (κ3) is 3.22. The summed E-state index contributed by atoms with van der Waals surface area (Å²) in [5.74, 6) is -0.0742. The van der Waals surface area contributed by atoms with E-state index in [9.17, 15) is 9.59 Å². The fourth-order valence-electron chi connectivity index (χ4n) is 4.57. The molecule has 0 fully saturated rings. The van der Waals surface area contributed by atoms with Crippen LogP contribution in [-0.4, -0.2) is 26.2 Å². The molecule has 0 aliphatic carbocycles. The van der Waals surface area contributed by atoms with Crippen molar-refractivity contribution in [1.82, 2.24) is 14.6 Å². The molecule has 1 N–H and O–H groups in total. The van der Waals surface area contributed by atoms with Crippen LogP contribution < -0.4 is 5.56 Å². The van der Waals surface area contributed by atoms with Gasteiger partial charge in [0.15, 0.2) is 0 Å². The third-order valence-corrected chi connectivity index (χ3v) is 6.52. The smallest absolute Gasteiger partial charge is 0.257 e. The zero-order valence-electron chi connectivity index (χ0n) is 18.1. The summed E-state index contributed by atoms with van der Waals surface area (Å²) in [6.45, 7) is 3.73. The highest BCUT2D eigenvalue weighted by Gasteiger charge is 2.34. The molecule has 162 valence electrons. The van der Waals surface area contributed by atoms with Gasteiger partial charge in [-0.15, -0.1) is 0 Å². The molecule has 1 atom stereocenters. The van der Waals surface area contributed by atoms with Crippen molar-refractivity contribution in [3.63, 3.8) is 0 Å². The number of fused-ring (bicyclic) bond motifs is 2. The van der Waals surface area contributed by atoms with Gasteiger partial charge < -0.3 is 9.55 Å². The predicted octanol–water partition coefficient (Wildman–Crippen LogP) is 5.07. The van der Waals surface area contributed by atoms with Gasteiger partial charge in [-0.05, 0) is 53.8 Å². The van der Waals surface area contributed by atoms with Crippen LogP contribution in [0, 0.1) is 6.92 Å². The fraction of sp³-hybridized carbons (Fsp3) is 0.240. The second-order valence-electron chi connectivity index (χ2n) is 8.25. The fourth-order valence-corrected chi connectivity index (χ4v) is 4.74. The van der Waals surface area contributed by atoms with E-state index < -0.39 is 0 Å². The molecule has 0 radical (unpaired) electrons. The number of amides is 1. The standard InChI is InChI=1S/C25H23ClN4O2/c1-4-23(31)30-22(16-6-5-15-9-10-29(3)21(15)11-16)13-20(28-30)24-14(2)18-12-17(26)7-8-19(18)27-25(24)32/h5-12,22H,4,13H2,1-3H3,(H,27,32). The number of nitrogens with zero attached hydrogens (tertiary/aromatic N) is 3. The summed E-state index contributed by atoms with van der Waals surface area (Å²) in [5, 5.41) is 8.82. The van der Waals surface area contributed by atoms with Crippen molar-refractivity contribution < 1.29 is 4.79 Å². The number of halogens is 1. The Kier molecular flexibility index (Phi) is 4.90. The van der Waals surface area contributed by atoms with Gasteiger partial charge in [-0.3, -0.25) is 9.59 Å². The van der Waals surface area contributed by atoms with Crippen molar-refractivity contribution in [2.24, 2.45) is 12.1 Å². The number of hydrogen-bond acceptors (Lipinski definition) is 3. The maximum absolute atomic E-state index is 13.0. The topological polar surface area (TPSA) is 70.5 Å². The lowest BCUT2D eigenvalue weighted by molar-refractivity contribution is -0.132. The van der Waals surface area contributed by atoms with Crippen molar-refractivity contribution in [3.8, 4) is 0 Å². The molecule has 1 aliphatic heterocycles. The summed E-state index contributed by atoms with van der Waals surface area (Å²) in [5.41, 5.74) is 4.55. The lowest BCUT2D eigenvalue weighted by Crippen LogP contribution is -2.26. The number of H-pyrrole nitrogens is 1. The third-order valence-electron chi connectivity index (χ3n) is 6.29. The maximum atomic E-state index is 13.0. The quantitative estimate of drug-likeness (QED) is 0.477. The molecule has 0 saturated heterocycles. The Hall–Kier alpha value is -3.38. The minimum Gasteiger partial charge on any atom is -0.351 e. The highest BCUT2D eigenvalue weighted by Crippen LogP contribution is 2.35. The van der Waals surface area contributed by atoms with Gasteiger partial charge in [0, 0.05) is 47.5 Å². The van der Waals surface area contributed by atoms with E-state index in [1.54, 1.807) is 17.1 Å². The molecule has 5 rings (SSSR count). The van der Waals surface area contributed by atoms with Gasteiger partial charge in [0.25, 0.3) is 5.56 Å². The largest absolute Gasteiger partial charge is 0.351 e. The number of aryl methyl sites for hydroxylation is 2. The number of aromatic nitrogens is 2. The molecule has 2 aromatic carbocycles. The van der Waals surface area contributed by atoms with E-state index in [1.165, 1.54) is 0 Å². The van der Waals surface area contributed by atoms with Gasteiger partial charge in [-0.1, -0.05) is 30.7 Å². The Balaban J connectivity index is 1.63. The Labute approximate surface area is 190 Å². The molecule has 0 bridgehead atoms. The molecule has 6 nitrogen and oxygen atoms in total. The zero-order valence-corrected chi connectivity index (χ0v) is 18.9. The molecule has 4 aromatic rings. The van der Waals surface area contributed by atoms with Crippen LogP contribution in [-0.2, 0) is 11.8 Å². The normalized spacial score (nSPS) is 16.2. The van der Waals surface area contributed by atoms with Gasteiger partial charge in [-0.25, -0.2) is 5.01 Å². The maximum Gasteiger partial charge on any atom is 0.257 e. The second kappa shape index (κ2) is 7.64. The summed E-state index contributed by atoms with van der Waals surface area (Å²) in [4.78, 5) is 28.8. The first-order valence-corrected chi connectivity index (χ1v) is 11.0. The Bertz CT molecular complexity index is 1480. The molecule has 7 heteroatoms.